The van der Waals surface area contributed by atoms with E-state index in [9.17, 15) is 36.8 Å². The van der Waals surface area contributed by atoms with Crippen molar-refractivity contribution in [3.8, 4) is 44.5 Å². The van der Waals surface area contributed by atoms with Crippen molar-refractivity contribution in [1.29, 1.82) is 0 Å². The van der Waals surface area contributed by atoms with Crippen molar-refractivity contribution in [2.45, 2.75) is 103 Å². The van der Waals surface area contributed by atoms with Crippen LogP contribution < -0.4 is 36.6 Å². The minimum atomic E-state index is -4.68. The van der Waals surface area contributed by atoms with Gasteiger partial charge in [-0.15, -0.1) is 0 Å². The van der Waals surface area contributed by atoms with Crippen molar-refractivity contribution >= 4 is 51.5 Å². The van der Waals surface area contributed by atoms with E-state index in [1.807, 2.05) is 160 Å². The van der Waals surface area contributed by atoms with Gasteiger partial charge in [-0.3, -0.25) is 33.9 Å². The van der Waals surface area contributed by atoms with Gasteiger partial charge in [0.05, 0.1) is 17.1 Å². The fraction of sp³-hybridized carbons (Fsp3) is 0.186. The predicted octanol–water partition coefficient (Wildman–Crippen LogP) is 15.6. The van der Waals surface area contributed by atoms with Gasteiger partial charge in [0.15, 0.2) is 0 Å². The number of carbonyl (C=O) groups excluding carboxylic acids is 6. The molecule has 9 aromatic carbocycles. The third-order valence-electron chi connectivity index (χ3n) is 18.2. The van der Waals surface area contributed by atoms with Crippen LogP contribution in [-0.2, 0) is 70.0 Å². The number of alkyl carbamates (subject to hydrolysis) is 2. The maximum Gasteiger partial charge on any atom is 0.407 e. The molecule has 0 unspecified atom stereocenters. The summed E-state index contributed by atoms with van der Waals surface area (Å²) in [7, 11) is -4.68. The molecule has 0 bridgehead atoms. The summed E-state index contributed by atoms with van der Waals surface area (Å²) in [6.45, 7) is 7.32. The molecule has 19 nitrogen and oxygen atoms in total. The molecule has 2 aromatic heterocycles. The Morgan fingerprint density at radius 2 is 1.06 bits per heavy atom. The van der Waals surface area contributed by atoms with Gasteiger partial charge in [-0.05, 0) is 171 Å². The highest BCUT2D eigenvalue weighted by atomic mass is 32.2. The summed E-state index contributed by atoms with van der Waals surface area (Å²) in [5.74, 6) is -3.90. The first-order valence-corrected chi connectivity index (χ1v) is 36.8. The normalized spacial score (nSPS) is 11.6. The molecule has 0 spiro atoms. The molecule has 0 aliphatic carbocycles. The number of halogens is 2. The first-order chi connectivity index (χ1) is 52.2. The van der Waals surface area contributed by atoms with Gasteiger partial charge in [0.2, 0.25) is 5.91 Å². The third kappa shape index (κ3) is 20.4. The summed E-state index contributed by atoms with van der Waals surface area (Å²) in [4.78, 5) is 92.8. The SMILES string of the molecule is CC[C@@H](C)OC(=O)NCc1cc(-c2ccc(-c3ccc(NS(=O)(=O)c4ccc(-c5ccccc5CNC(=O)OCc5ccccc5)c(C(=O)NCc5ccc(F)cc5F)c4)cc3C(=O)NCCc3ccccn3)c(CNC(=O)C[C@@H](C)c3ccccc3)c2)ccc1-c1ccccc1C(=O)NCc1cccc(C)n1. The Morgan fingerprint density at radius 3 is 1.76 bits per heavy atom. The van der Waals surface area contributed by atoms with E-state index in [0.717, 1.165) is 29.0 Å². The lowest BCUT2D eigenvalue weighted by Gasteiger charge is -2.20. The number of hydrogen-bond acceptors (Lipinski definition) is 12. The van der Waals surface area contributed by atoms with Crippen molar-refractivity contribution in [1.82, 2.24) is 41.9 Å². The fourth-order valence-electron chi connectivity index (χ4n) is 12.3. The van der Waals surface area contributed by atoms with E-state index < -0.39 is 52.2 Å². The molecule has 11 rings (SSSR count). The Bertz CT molecular complexity index is 5190. The van der Waals surface area contributed by atoms with E-state index in [1.54, 1.807) is 61.7 Å². The standard InChI is InChI=1S/C86H81F2N9O10S/c1-5-57(4)107-86(103)95-52-65-45-61(31-36-72(65)74-28-14-15-29-77(74)82(99)93-53-69-26-18-19-56(3)96-69)60-32-37-73(64(44-60)51-91-81(98)43-55(2)59-22-10-7-11-23-59)75-38-34-68(47-78(75)83(100)90-42-40-67-25-16-17-41-89-67)97-108(104,105)70-35-39-76(79(48-70)84(101)92-50-63-30-33-66(87)46-80(63)88)71-27-13-12-24-62(71)49-94-85(102)106-54-58-20-8-6-9-21-58/h6-39,41,44-48,55,57,97H,5,40,42-43,49-54H2,1-4H3,(H,90,100)(H,91,98)(H,92,101)(H,93,99)(H,94,102)(H,95,103)/t55-,57-/m1/s1. The molecular weight excluding hydrogens is 1390 g/mol. The number of aromatic nitrogens is 2. The summed E-state index contributed by atoms with van der Waals surface area (Å²) < 4.78 is 72.8. The Kier molecular flexibility index (Phi) is 25.7. The number of nitrogens with zero attached hydrogens (tertiary/aromatic N) is 2. The number of nitrogens with one attached hydrogen (secondary N) is 7. The van der Waals surface area contributed by atoms with E-state index in [-0.39, 0.29) is 102 Å². The van der Waals surface area contributed by atoms with Crippen molar-refractivity contribution in [3.05, 3.63) is 322 Å². The van der Waals surface area contributed by atoms with E-state index in [2.05, 4.69) is 46.6 Å². The fourth-order valence-corrected chi connectivity index (χ4v) is 13.4. The number of amides is 6. The number of anilines is 1. The number of hydrogen-bond donors (Lipinski definition) is 7. The molecular formula is C86H81F2N9O10S. The summed E-state index contributed by atoms with van der Waals surface area (Å²) in [5.41, 5.74) is 9.93. The average molecular weight is 1470 g/mol. The van der Waals surface area contributed by atoms with Gasteiger partial charge in [-0.1, -0.05) is 172 Å². The van der Waals surface area contributed by atoms with E-state index in [4.69, 9.17) is 9.47 Å². The Balaban J connectivity index is 0.963. The van der Waals surface area contributed by atoms with Gasteiger partial charge >= 0.3 is 12.2 Å². The molecule has 0 saturated heterocycles. The third-order valence-corrected chi connectivity index (χ3v) is 19.5. The molecule has 6 amide bonds. The van der Waals surface area contributed by atoms with Gasteiger partial charge in [0.1, 0.15) is 24.3 Å². The van der Waals surface area contributed by atoms with Crippen LogP contribution in [0.4, 0.5) is 24.1 Å². The number of sulfonamides is 1. The highest BCUT2D eigenvalue weighted by molar-refractivity contribution is 7.92. The molecule has 0 aliphatic rings. The van der Waals surface area contributed by atoms with Gasteiger partial charge < -0.3 is 41.4 Å². The molecule has 2 heterocycles. The molecule has 7 N–H and O–H groups in total. The van der Waals surface area contributed by atoms with Crippen LogP contribution in [0.3, 0.4) is 0 Å². The minimum Gasteiger partial charge on any atom is -0.447 e. The van der Waals surface area contributed by atoms with Crippen molar-refractivity contribution in [2.24, 2.45) is 0 Å². The second-order valence-corrected chi connectivity index (χ2v) is 27.6. The van der Waals surface area contributed by atoms with Crippen LogP contribution in [0.5, 0.6) is 0 Å². The zero-order valence-electron chi connectivity index (χ0n) is 60.0. The average Bonchev–Trinajstić information content (AvgIpc) is 0.787. The maximum atomic E-state index is 15.0. The highest BCUT2D eigenvalue weighted by Crippen LogP contribution is 2.38. The van der Waals surface area contributed by atoms with Crippen molar-refractivity contribution in [3.63, 3.8) is 0 Å². The molecule has 108 heavy (non-hydrogen) atoms. The number of aryl methyl sites for hydroxylation is 1. The van der Waals surface area contributed by atoms with E-state index >= 15 is 9.18 Å². The summed E-state index contributed by atoms with van der Waals surface area (Å²) >= 11 is 0. The highest BCUT2D eigenvalue weighted by Gasteiger charge is 2.26. The van der Waals surface area contributed by atoms with Gasteiger partial charge in [-0.2, -0.15) is 0 Å². The van der Waals surface area contributed by atoms with E-state index in [0.29, 0.717) is 91.5 Å². The first-order valence-electron chi connectivity index (χ1n) is 35.3. The van der Waals surface area contributed by atoms with Crippen molar-refractivity contribution in [2.75, 3.05) is 11.3 Å². The lowest BCUT2D eigenvalue weighted by molar-refractivity contribution is -0.121. The molecule has 2 atom stereocenters. The van der Waals surface area contributed by atoms with Crippen LogP contribution in [0.1, 0.15) is 121 Å². The zero-order chi connectivity index (χ0) is 76.1. The molecule has 11 aromatic rings. The predicted molar refractivity (Wildman–Crippen MR) is 411 cm³/mol. The Morgan fingerprint density at radius 1 is 0.481 bits per heavy atom. The molecule has 0 fully saturated rings. The molecule has 0 aliphatic heterocycles. The van der Waals surface area contributed by atoms with Crippen LogP contribution in [0.25, 0.3) is 44.5 Å². The van der Waals surface area contributed by atoms with Crippen LogP contribution in [0.15, 0.2) is 248 Å². The summed E-state index contributed by atoms with van der Waals surface area (Å²) in [5, 5.41) is 17.5. The van der Waals surface area contributed by atoms with Crippen LogP contribution in [-0.4, -0.2) is 66.8 Å². The lowest BCUT2D eigenvalue weighted by atomic mass is 9.89. The number of ether oxygens (including phenoxy) is 2. The molecule has 0 radical (unpaired) electrons. The topological polar surface area (TPSA) is 265 Å². The van der Waals surface area contributed by atoms with Gasteiger partial charge in [0.25, 0.3) is 27.7 Å². The summed E-state index contributed by atoms with van der Waals surface area (Å²) in [6.07, 6.45) is 0.994. The second-order valence-electron chi connectivity index (χ2n) is 25.9. The van der Waals surface area contributed by atoms with E-state index in [1.165, 1.54) is 30.3 Å². The second kappa shape index (κ2) is 36.3. The zero-order valence-corrected chi connectivity index (χ0v) is 60.8. The van der Waals surface area contributed by atoms with Gasteiger partial charge in [-0.25, -0.2) is 26.8 Å². The number of benzene rings is 9. The summed E-state index contributed by atoms with van der Waals surface area (Å²) in [6, 6.07) is 66.3. The van der Waals surface area contributed by atoms with Crippen molar-refractivity contribution < 1.29 is 55.4 Å². The Hall–Kier alpha value is -12.7. The first kappa shape index (κ1) is 76.4. The number of carbonyl (C=O) groups is 6. The van der Waals surface area contributed by atoms with Crippen LogP contribution in [0.2, 0.25) is 0 Å². The van der Waals surface area contributed by atoms with Gasteiger partial charge in [0, 0.05) is 97.2 Å². The largest absolute Gasteiger partial charge is 0.447 e. The molecule has 22 heteroatoms. The van der Waals surface area contributed by atoms with Crippen LogP contribution in [0, 0.1) is 18.6 Å². The molecule has 550 valence electrons. The Labute approximate surface area is 626 Å². The minimum absolute atomic E-state index is 0.00522. The molecule has 0 saturated carbocycles. The quantitative estimate of drug-likeness (QED) is 0.0222. The number of rotatable bonds is 30. The van der Waals surface area contributed by atoms with Crippen LogP contribution >= 0.6 is 0 Å². The smallest absolute Gasteiger partial charge is 0.407 e. The number of pyridine rings is 2. The lowest BCUT2D eigenvalue weighted by Crippen LogP contribution is -2.27. The maximum absolute atomic E-state index is 15.0. The monoisotopic (exact) mass is 1470 g/mol.